The Morgan fingerprint density at radius 3 is 2.62 bits per heavy atom. The molecular formula is C20H28O5S. The third-order valence-corrected chi connectivity index (χ3v) is 6.81. The van der Waals surface area contributed by atoms with Crippen LogP contribution in [-0.4, -0.2) is 47.5 Å². The molecule has 26 heavy (non-hydrogen) atoms. The van der Waals surface area contributed by atoms with Gasteiger partial charge in [0, 0.05) is 0 Å². The zero-order chi connectivity index (χ0) is 19.5. The lowest BCUT2D eigenvalue weighted by molar-refractivity contribution is 0.188. The van der Waals surface area contributed by atoms with Crippen LogP contribution < -0.4 is 0 Å². The third kappa shape index (κ3) is 4.75. The van der Waals surface area contributed by atoms with Crippen molar-refractivity contribution in [2.24, 2.45) is 5.92 Å². The minimum absolute atomic E-state index is 0.00917. The first kappa shape index (κ1) is 20.7. The van der Waals surface area contributed by atoms with Gasteiger partial charge in [-0.1, -0.05) is 37.6 Å². The topological polar surface area (TPSA) is 94.8 Å². The Morgan fingerprint density at radius 1 is 1.35 bits per heavy atom. The Bertz CT molecular complexity index is 805. The van der Waals surface area contributed by atoms with Crippen LogP contribution in [0, 0.1) is 5.92 Å². The summed E-state index contributed by atoms with van der Waals surface area (Å²) >= 11 is 0. The first-order chi connectivity index (χ1) is 12.2. The van der Waals surface area contributed by atoms with Gasteiger partial charge in [0.1, 0.15) is 11.0 Å². The number of phenols is 1. The van der Waals surface area contributed by atoms with E-state index in [0.29, 0.717) is 18.4 Å². The number of hydrogen-bond acceptors (Lipinski definition) is 5. The number of allylic oxidation sites excluding steroid dienone is 1. The summed E-state index contributed by atoms with van der Waals surface area (Å²) in [5.74, 6) is 0.121. The molecule has 1 aliphatic heterocycles. The van der Waals surface area contributed by atoms with Gasteiger partial charge in [0.2, 0.25) is 0 Å². The fourth-order valence-electron chi connectivity index (χ4n) is 3.43. The zero-order valence-electron chi connectivity index (χ0n) is 15.5. The minimum atomic E-state index is -3.44. The van der Waals surface area contributed by atoms with Crippen LogP contribution >= 0.6 is 0 Å². The summed E-state index contributed by atoms with van der Waals surface area (Å²) in [6.45, 7) is 5.25. The molecule has 0 amide bonds. The lowest BCUT2D eigenvalue weighted by Crippen LogP contribution is -2.29. The summed E-state index contributed by atoms with van der Waals surface area (Å²) in [4.78, 5) is 0. The number of aromatic hydroxyl groups is 1. The monoisotopic (exact) mass is 380 g/mol. The van der Waals surface area contributed by atoms with E-state index < -0.39 is 27.8 Å². The van der Waals surface area contributed by atoms with E-state index in [1.807, 2.05) is 32.9 Å². The van der Waals surface area contributed by atoms with Crippen LogP contribution in [0.15, 0.2) is 41.0 Å². The van der Waals surface area contributed by atoms with Gasteiger partial charge in [0.05, 0.1) is 18.5 Å². The molecule has 1 aromatic rings. The Kier molecular flexibility index (Phi) is 6.66. The van der Waals surface area contributed by atoms with Crippen LogP contribution in [0.2, 0.25) is 0 Å². The predicted molar refractivity (Wildman–Crippen MR) is 104 cm³/mol. The molecule has 2 atom stereocenters. The number of benzene rings is 1. The Labute approximate surface area is 155 Å². The number of aliphatic hydroxyl groups excluding tert-OH is 2. The Morgan fingerprint density at radius 2 is 2.04 bits per heavy atom. The highest BCUT2D eigenvalue weighted by Crippen LogP contribution is 2.35. The minimum Gasteiger partial charge on any atom is -0.508 e. The highest BCUT2D eigenvalue weighted by Gasteiger charge is 2.41. The molecule has 1 heterocycles. The van der Waals surface area contributed by atoms with Crippen molar-refractivity contribution in [2.75, 3.05) is 12.4 Å². The van der Waals surface area contributed by atoms with Crippen LogP contribution in [0.25, 0.3) is 6.08 Å². The maximum atomic E-state index is 12.3. The smallest absolute Gasteiger partial charge is 0.163 e. The van der Waals surface area contributed by atoms with Crippen LogP contribution in [0.3, 0.4) is 0 Å². The third-order valence-electron chi connectivity index (χ3n) is 4.82. The molecule has 5 nitrogen and oxygen atoms in total. The molecule has 1 aliphatic rings. The number of hydrogen-bond donors (Lipinski definition) is 3. The second-order valence-corrected chi connectivity index (χ2v) is 9.44. The summed E-state index contributed by atoms with van der Waals surface area (Å²) in [5.41, 5.74) is 3.09. The number of sulfone groups is 1. The largest absolute Gasteiger partial charge is 0.508 e. The highest BCUT2D eigenvalue weighted by atomic mass is 32.2. The molecule has 0 aliphatic carbocycles. The molecule has 0 spiro atoms. The van der Waals surface area contributed by atoms with Gasteiger partial charge in [-0.05, 0) is 54.5 Å². The van der Waals surface area contributed by atoms with Crippen LogP contribution in [-0.2, 0) is 9.84 Å². The van der Waals surface area contributed by atoms with Crippen LogP contribution in [0.1, 0.15) is 39.2 Å². The van der Waals surface area contributed by atoms with Crippen LogP contribution in [0.5, 0.6) is 5.75 Å². The number of phenolic OH excluding ortho intramolecular Hbond substituents is 1. The Hall–Kier alpha value is -1.63. The van der Waals surface area contributed by atoms with Gasteiger partial charge in [-0.2, -0.15) is 0 Å². The van der Waals surface area contributed by atoms with Gasteiger partial charge in [-0.15, -0.1) is 0 Å². The van der Waals surface area contributed by atoms with Gasteiger partial charge in [0.25, 0.3) is 0 Å². The molecule has 0 radical (unpaired) electrons. The van der Waals surface area contributed by atoms with E-state index >= 15 is 0 Å². The van der Waals surface area contributed by atoms with E-state index in [1.54, 1.807) is 18.2 Å². The first-order valence-electron chi connectivity index (χ1n) is 8.85. The normalized spacial score (nSPS) is 21.5. The molecule has 0 unspecified atom stereocenters. The molecule has 0 bridgehead atoms. The quantitative estimate of drug-likeness (QED) is 0.632. The van der Waals surface area contributed by atoms with Crippen molar-refractivity contribution < 1.29 is 23.7 Å². The summed E-state index contributed by atoms with van der Waals surface area (Å²) in [5, 5.41) is 28.7. The van der Waals surface area contributed by atoms with E-state index in [0.717, 1.165) is 16.7 Å². The lowest BCUT2D eigenvalue weighted by Gasteiger charge is -2.20. The SMILES string of the molecule is C/C(=C\c1cccc(O)c1)CC[C@@H](O)C1=C(C(C)C)CS(=O)(=O)[C@H]1CO. The maximum absolute atomic E-state index is 12.3. The summed E-state index contributed by atoms with van der Waals surface area (Å²) in [6, 6.07) is 6.90. The average molecular weight is 381 g/mol. The molecule has 0 aromatic heterocycles. The predicted octanol–water partition coefficient (Wildman–Crippen LogP) is 2.68. The second-order valence-electron chi connectivity index (χ2n) is 7.25. The van der Waals surface area contributed by atoms with Gasteiger partial charge >= 0.3 is 0 Å². The van der Waals surface area contributed by atoms with E-state index in [9.17, 15) is 23.7 Å². The van der Waals surface area contributed by atoms with Crippen molar-refractivity contribution in [3.63, 3.8) is 0 Å². The van der Waals surface area contributed by atoms with Gasteiger partial charge in [-0.25, -0.2) is 8.42 Å². The first-order valence-corrected chi connectivity index (χ1v) is 10.6. The lowest BCUT2D eigenvalue weighted by atomic mass is 9.90. The second kappa shape index (κ2) is 8.37. The zero-order valence-corrected chi connectivity index (χ0v) is 16.3. The molecule has 0 saturated carbocycles. The highest BCUT2D eigenvalue weighted by molar-refractivity contribution is 7.92. The van der Waals surface area contributed by atoms with Gasteiger partial charge in [-0.3, -0.25) is 0 Å². The molecule has 0 fully saturated rings. The van der Waals surface area contributed by atoms with E-state index in [1.165, 1.54) is 0 Å². The van der Waals surface area contributed by atoms with Crippen molar-refractivity contribution in [1.82, 2.24) is 0 Å². The van der Waals surface area contributed by atoms with E-state index in [-0.39, 0.29) is 17.4 Å². The average Bonchev–Trinajstić information content (AvgIpc) is 2.83. The van der Waals surface area contributed by atoms with Crippen molar-refractivity contribution >= 4 is 15.9 Å². The van der Waals surface area contributed by atoms with Gasteiger partial charge in [0.15, 0.2) is 9.84 Å². The van der Waals surface area contributed by atoms with Crippen molar-refractivity contribution in [3.05, 3.63) is 46.5 Å². The molecule has 6 heteroatoms. The van der Waals surface area contributed by atoms with Crippen molar-refractivity contribution in [1.29, 1.82) is 0 Å². The van der Waals surface area contributed by atoms with E-state index in [4.69, 9.17) is 0 Å². The summed E-state index contributed by atoms with van der Waals surface area (Å²) in [7, 11) is -3.44. The van der Waals surface area contributed by atoms with Crippen LogP contribution in [0.4, 0.5) is 0 Å². The fourth-order valence-corrected chi connectivity index (χ4v) is 5.49. The van der Waals surface area contributed by atoms with Crippen molar-refractivity contribution in [3.8, 4) is 5.75 Å². The molecule has 2 rings (SSSR count). The number of aliphatic hydroxyl groups is 2. The van der Waals surface area contributed by atoms with E-state index in [2.05, 4.69) is 0 Å². The Balaban J connectivity index is 2.14. The van der Waals surface area contributed by atoms with Gasteiger partial charge < -0.3 is 15.3 Å². The van der Waals surface area contributed by atoms with Crippen molar-refractivity contribution in [2.45, 2.75) is 45.0 Å². The molecular weight excluding hydrogens is 352 g/mol. The maximum Gasteiger partial charge on any atom is 0.163 e. The molecule has 144 valence electrons. The summed E-state index contributed by atoms with van der Waals surface area (Å²) < 4.78 is 24.6. The molecule has 3 N–H and O–H groups in total. The summed E-state index contributed by atoms with van der Waals surface area (Å²) in [6.07, 6.45) is 2.01. The molecule has 1 aromatic carbocycles. The number of rotatable bonds is 7. The standard InChI is InChI=1S/C20H28O5S/c1-13(2)17-12-26(24,25)19(11-21)20(17)18(23)8-7-14(3)9-15-5-4-6-16(22)10-15/h4-6,9-10,13,18-19,21-23H,7-8,11-12H2,1-3H3/b14-9+/t18-,19+/m1/s1. The molecule has 0 saturated heterocycles. The fraction of sp³-hybridized carbons (Fsp3) is 0.500.